The highest BCUT2D eigenvalue weighted by Gasteiger charge is 2.32. The van der Waals surface area contributed by atoms with Gasteiger partial charge >= 0.3 is 6.18 Å². The van der Waals surface area contributed by atoms with Crippen LogP contribution in [0.1, 0.15) is 40.6 Å². The first kappa shape index (κ1) is 20.8. The number of nitrogens with zero attached hydrogens (tertiary/aromatic N) is 5. The SMILES string of the molecule is Cn1ccnc1C(=O)N1CCCC(c2nc(N)ncc2-c2ccc(C(F)(F)F)cc2)C1. The third-order valence-corrected chi connectivity index (χ3v) is 5.47. The van der Waals surface area contributed by atoms with E-state index in [-0.39, 0.29) is 17.8 Å². The summed E-state index contributed by atoms with van der Waals surface area (Å²) in [4.78, 5) is 27.2. The lowest BCUT2D eigenvalue weighted by Crippen LogP contribution is -2.40. The molecule has 0 spiro atoms. The number of alkyl halides is 3. The number of hydrogen-bond donors (Lipinski definition) is 1. The number of amides is 1. The van der Waals surface area contributed by atoms with Gasteiger partial charge in [-0.2, -0.15) is 13.2 Å². The fourth-order valence-corrected chi connectivity index (χ4v) is 3.88. The molecule has 3 heterocycles. The Balaban J connectivity index is 1.64. The molecule has 1 atom stereocenters. The number of halogens is 3. The average molecular weight is 430 g/mol. The first-order valence-electron chi connectivity index (χ1n) is 9.80. The maximum absolute atomic E-state index is 12.9. The third-order valence-electron chi connectivity index (χ3n) is 5.47. The van der Waals surface area contributed by atoms with Gasteiger partial charge in [0.1, 0.15) is 0 Å². The second-order valence-corrected chi connectivity index (χ2v) is 7.55. The van der Waals surface area contributed by atoms with E-state index in [1.165, 1.54) is 18.3 Å². The summed E-state index contributed by atoms with van der Waals surface area (Å²) in [6, 6.07) is 4.88. The summed E-state index contributed by atoms with van der Waals surface area (Å²) in [5.41, 5.74) is 6.90. The van der Waals surface area contributed by atoms with Crippen LogP contribution in [-0.2, 0) is 13.2 Å². The van der Waals surface area contributed by atoms with Gasteiger partial charge in [0, 0.05) is 50.2 Å². The largest absolute Gasteiger partial charge is 0.416 e. The van der Waals surface area contributed by atoms with E-state index in [0.717, 1.165) is 25.0 Å². The number of aryl methyl sites for hydroxylation is 1. The van der Waals surface area contributed by atoms with Crippen molar-refractivity contribution in [2.24, 2.45) is 7.05 Å². The van der Waals surface area contributed by atoms with E-state index in [1.807, 2.05) is 0 Å². The quantitative estimate of drug-likeness (QED) is 0.687. The normalized spacial score (nSPS) is 17.0. The molecule has 1 aliphatic rings. The maximum atomic E-state index is 12.9. The Hall–Kier alpha value is -3.43. The van der Waals surface area contributed by atoms with Gasteiger partial charge in [-0.25, -0.2) is 15.0 Å². The Morgan fingerprint density at radius 2 is 1.94 bits per heavy atom. The zero-order valence-corrected chi connectivity index (χ0v) is 16.8. The minimum Gasteiger partial charge on any atom is -0.368 e. The van der Waals surface area contributed by atoms with Crippen LogP contribution in [-0.4, -0.2) is 43.4 Å². The maximum Gasteiger partial charge on any atom is 0.416 e. The van der Waals surface area contributed by atoms with E-state index in [0.29, 0.717) is 35.7 Å². The van der Waals surface area contributed by atoms with E-state index >= 15 is 0 Å². The van der Waals surface area contributed by atoms with Crippen LogP contribution >= 0.6 is 0 Å². The second kappa shape index (κ2) is 8.01. The number of rotatable bonds is 3. The number of imidazole rings is 1. The molecule has 7 nitrogen and oxygen atoms in total. The molecule has 1 saturated heterocycles. The fraction of sp³-hybridized carbons (Fsp3) is 0.333. The van der Waals surface area contributed by atoms with Crippen molar-refractivity contribution in [3.05, 3.63) is 59.9 Å². The number of carbonyl (C=O) groups excluding carboxylic acids is 1. The van der Waals surface area contributed by atoms with Gasteiger partial charge in [-0.3, -0.25) is 4.79 Å². The molecule has 0 saturated carbocycles. The fourth-order valence-electron chi connectivity index (χ4n) is 3.88. The summed E-state index contributed by atoms with van der Waals surface area (Å²) in [7, 11) is 1.76. The Labute approximate surface area is 176 Å². The molecule has 31 heavy (non-hydrogen) atoms. The Kier molecular flexibility index (Phi) is 5.38. The van der Waals surface area contributed by atoms with E-state index in [4.69, 9.17) is 5.73 Å². The number of benzene rings is 1. The number of nitrogen functional groups attached to an aromatic ring is 1. The van der Waals surface area contributed by atoms with Gasteiger partial charge in [0.2, 0.25) is 5.95 Å². The van der Waals surface area contributed by atoms with Crippen LogP contribution in [0.15, 0.2) is 42.9 Å². The van der Waals surface area contributed by atoms with E-state index in [9.17, 15) is 18.0 Å². The van der Waals surface area contributed by atoms with Crippen LogP contribution in [0.3, 0.4) is 0 Å². The Morgan fingerprint density at radius 3 is 2.58 bits per heavy atom. The number of likely N-dealkylation sites (tertiary alicyclic amines) is 1. The van der Waals surface area contributed by atoms with Crippen molar-refractivity contribution in [2.45, 2.75) is 24.9 Å². The third kappa shape index (κ3) is 4.23. The molecule has 1 amide bonds. The summed E-state index contributed by atoms with van der Waals surface area (Å²) in [6.45, 7) is 1.01. The summed E-state index contributed by atoms with van der Waals surface area (Å²) < 4.78 is 40.4. The first-order valence-corrected chi connectivity index (χ1v) is 9.80. The molecule has 0 radical (unpaired) electrons. The molecule has 4 rings (SSSR count). The van der Waals surface area contributed by atoms with Gasteiger partial charge < -0.3 is 15.2 Å². The molecule has 0 bridgehead atoms. The van der Waals surface area contributed by atoms with Gasteiger partial charge in [0.25, 0.3) is 5.91 Å². The second-order valence-electron chi connectivity index (χ2n) is 7.55. The van der Waals surface area contributed by atoms with Crippen molar-refractivity contribution >= 4 is 11.9 Å². The van der Waals surface area contributed by atoms with E-state index in [2.05, 4.69) is 15.0 Å². The molecule has 10 heteroatoms. The Bertz CT molecular complexity index is 1090. The molecule has 1 unspecified atom stereocenters. The van der Waals surface area contributed by atoms with Crippen molar-refractivity contribution in [2.75, 3.05) is 18.8 Å². The average Bonchev–Trinajstić information content (AvgIpc) is 3.18. The molecule has 1 aliphatic heterocycles. The lowest BCUT2D eigenvalue weighted by Gasteiger charge is -2.33. The highest BCUT2D eigenvalue weighted by atomic mass is 19.4. The molecule has 2 N–H and O–H groups in total. The van der Waals surface area contributed by atoms with Gasteiger partial charge in [-0.1, -0.05) is 12.1 Å². The predicted octanol–water partition coefficient (Wildman–Crippen LogP) is 3.50. The van der Waals surface area contributed by atoms with Crippen molar-refractivity contribution in [3.8, 4) is 11.1 Å². The number of aromatic nitrogens is 4. The Morgan fingerprint density at radius 1 is 1.19 bits per heavy atom. The van der Waals surface area contributed by atoms with E-state index in [1.54, 1.807) is 28.9 Å². The minimum absolute atomic E-state index is 0.0817. The minimum atomic E-state index is -4.41. The van der Waals surface area contributed by atoms with Crippen LogP contribution in [0.5, 0.6) is 0 Å². The molecule has 2 aromatic heterocycles. The van der Waals surface area contributed by atoms with Crippen molar-refractivity contribution < 1.29 is 18.0 Å². The molecule has 1 fully saturated rings. The van der Waals surface area contributed by atoms with Crippen LogP contribution in [0.2, 0.25) is 0 Å². The number of nitrogens with two attached hydrogens (primary N) is 1. The van der Waals surface area contributed by atoms with E-state index < -0.39 is 11.7 Å². The molecule has 1 aromatic carbocycles. The van der Waals surface area contributed by atoms with Gasteiger partial charge in [0.05, 0.1) is 11.3 Å². The topological polar surface area (TPSA) is 89.9 Å². The molecular weight excluding hydrogens is 409 g/mol. The van der Waals surface area contributed by atoms with Crippen LogP contribution in [0.25, 0.3) is 11.1 Å². The number of anilines is 1. The van der Waals surface area contributed by atoms with Gasteiger partial charge in [-0.15, -0.1) is 0 Å². The van der Waals surface area contributed by atoms with Crippen LogP contribution in [0, 0.1) is 0 Å². The molecular formula is C21H21F3N6O. The zero-order valence-electron chi connectivity index (χ0n) is 16.8. The lowest BCUT2D eigenvalue weighted by atomic mass is 9.89. The number of carbonyl (C=O) groups is 1. The predicted molar refractivity (Wildman–Crippen MR) is 108 cm³/mol. The van der Waals surface area contributed by atoms with Gasteiger partial charge in [0.15, 0.2) is 5.82 Å². The first-order chi connectivity index (χ1) is 14.7. The van der Waals surface area contributed by atoms with Gasteiger partial charge in [-0.05, 0) is 30.5 Å². The zero-order chi connectivity index (χ0) is 22.2. The van der Waals surface area contributed by atoms with Crippen molar-refractivity contribution in [1.82, 2.24) is 24.4 Å². The summed E-state index contributed by atoms with van der Waals surface area (Å²) in [5, 5.41) is 0. The standard InChI is InChI=1S/C21H21F3N6O/c1-29-10-8-26-18(29)19(31)30-9-2-3-14(12-30)17-16(11-27-20(25)28-17)13-4-6-15(7-5-13)21(22,23)24/h4-8,10-11,14H,2-3,9,12H2,1H3,(H2,25,27,28). The highest BCUT2D eigenvalue weighted by molar-refractivity contribution is 5.91. The van der Waals surface area contributed by atoms with Crippen molar-refractivity contribution in [3.63, 3.8) is 0 Å². The smallest absolute Gasteiger partial charge is 0.368 e. The summed E-state index contributed by atoms with van der Waals surface area (Å²) >= 11 is 0. The molecule has 162 valence electrons. The highest BCUT2D eigenvalue weighted by Crippen LogP contribution is 2.35. The molecule has 0 aliphatic carbocycles. The number of piperidine rings is 1. The lowest BCUT2D eigenvalue weighted by molar-refractivity contribution is -0.137. The summed E-state index contributed by atoms with van der Waals surface area (Å²) in [5.74, 6) is 0.139. The van der Waals surface area contributed by atoms with Crippen LogP contribution < -0.4 is 5.73 Å². The molecule has 3 aromatic rings. The summed E-state index contributed by atoms with van der Waals surface area (Å²) in [6.07, 6.45) is 1.94. The van der Waals surface area contributed by atoms with Crippen LogP contribution in [0.4, 0.5) is 19.1 Å². The van der Waals surface area contributed by atoms with Crippen molar-refractivity contribution in [1.29, 1.82) is 0 Å². The number of hydrogen-bond acceptors (Lipinski definition) is 5. The monoisotopic (exact) mass is 430 g/mol.